The summed E-state index contributed by atoms with van der Waals surface area (Å²) in [5.41, 5.74) is 5.75. The molecule has 0 saturated heterocycles. The normalized spacial score (nSPS) is 12.5. The van der Waals surface area contributed by atoms with Gasteiger partial charge in [0.2, 0.25) is 0 Å². The summed E-state index contributed by atoms with van der Waals surface area (Å²) < 4.78 is 0. The summed E-state index contributed by atoms with van der Waals surface area (Å²) in [5, 5.41) is 17.3. The lowest BCUT2D eigenvalue weighted by molar-refractivity contribution is 0.0696. The number of carbonyl (C=O) groups is 1. The molecule has 0 aliphatic carbocycles. The number of carboxylic acid groups (broad SMARTS) is 1. The molecule has 1 atom stereocenters. The van der Waals surface area contributed by atoms with Crippen LogP contribution in [0.5, 0.6) is 0 Å². The average molecular weight is 217 g/mol. The first kappa shape index (κ1) is 10.9. The largest absolute Gasteiger partial charge is 0.478 e. The molecule has 1 aromatic rings. The first-order chi connectivity index (χ1) is 6.56. The minimum atomic E-state index is -1.15. The molecule has 6 heteroatoms. The van der Waals surface area contributed by atoms with E-state index in [1.807, 2.05) is 0 Å². The molecule has 1 heterocycles. The summed E-state index contributed by atoms with van der Waals surface area (Å²) in [6, 6.07) is 2.09. The number of nitrogens with two attached hydrogens (primary N) is 1. The molecular formula is C8H9ClN2O3. The number of pyridine rings is 1. The second kappa shape index (κ2) is 4.36. The van der Waals surface area contributed by atoms with Gasteiger partial charge in [-0.2, -0.15) is 0 Å². The topological polar surface area (TPSA) is 96.4 Å². The fourth-order valence-electron chi connectivity index (χ4n) is 0.908. The second-order valence-electron chi connectivity index (χ2n) is 2.67. The molecule has 1 aromatic heterocycles. The summed E-state index contributed by atoms with van der Waals surface area (Å²) in [6.45, 7) is -0.268. The van der Waals surface area contributed by atoms with Crippen LogP contribution >= 0.6 is 11.6 Å². The van der Waals surface area contributed by atoms with Crippen molar-refractivity contribution in [1.82, 2.24) is 4.98 Å². The monoisotopic (exact) mass is 216 g/mol. The molecular weight excluding hydrogens is 208 g/mol. The van der Waals surface area contributed by atoms with E-state index in [2.05, 4.69) is 4.98 Å². The van der Waals surface area contributed by atoms with Gasteiger partial charge in [-0.25, -0.2) is 9.78 Å². The number of nitrogens with zero attached hydrogens (tertiary/aromatic N) is 1. The number of hydrogen-bond donors (Lipinski definition) is 3. The van der Waals surface area contributed by atoms with Crippen molar-refractivity contribution in [2.45, 2.75) is 6.04 Å². The van der Waals surface area contributed by atoms with Crippen molar-refractivity contribution in [3.8, 4) is 0 Å². The van der Waals surface area contributed by atoms with E-state index < -0.39 is 12.0 Å². The third-order valence-corrected chi connectivity index (χ3v) is 1.97. The van der Waals surface area contributed by atoms with Crippen LogP contribution in [0, 0.1) is 0 Å². The van der Waals surface area contributed by atoms with Crippen molar-refractivity contribution >= 4 is 17.6 Å². The number of aliphatic hydroxyl groups is 1. The number of rotatable bonds is 3. The predicted octanol–water partition coefficient (Wildman–Crippen LogP) is 0.425. The molecule has 76 valence electrons. The van der Waals surface area contributed by atoms with E-state index >= 15 is 0 Å². The van der Waals surface area contributed by atoms with Crippen LogP contribution < -0.4 is 5.73 Å². The number of aromatic carboxylic acids is 1. The van der Waals surface area contributed by atoms with Crippen molar-refractivity contribution in [2.24, 2.45) is 5.73 Å². The Morgan fingerprint density at radius 1 is 1.64 bits per heavy atom. The standard InChI is InChI=1S/C8H9ClN2O3/c9-7-4(8(13)14)1-2-6(11-7)5(10)3-12/h1-2,5,12H,3,10H2,(H,13,14). The molecule has 1 unspecified atom stereocenters. The van der Waals surface area contributed by atoms with Gasteiger partial charge in [-0.1, -0.05) is 11.6 Å². The molecule has 0 aliphatic rings. The highest BCUT2D eigenvalue weighted by molar-refractivity contribution is 6.32. The predicted molar refractivity (Wildman–Crippen MR) is 50.2 cm³/mol. The van der Waals surface area contributed by atoms with Crippen LogP contribution in [-0.4, -0.2) is 27.8 Å². The van der Waals surface area contributed by atoms with Gasteiger partial charge in [0.25, 0.3) is 0 Å². The fraction of sp³-hybridized carbons (Fsp3) is 0.250. The van der Waals surface area contributed by atoms with E-state index in [9.17, 15) is 4.79 Å². The molecule has 0 radical (unpaired) electrons. The molecule has 0 fully saturated rings. The zero-order chi connectivity index (χ0) is 10.7. The molecule has 1 rings (SSSR count). The molecule has 0 aromatic carbocycles. The van der Waals surface area contributed by atoms with Gasteiger partial charge in [0, 0.05) is 0 Å². The highest BCUT2D eigenvalue weighted by Crippen LogP contribution is 2.16. The number of aliphatic hydroxyl groups excluding tert-OH is 1. The van der Waals surface area contributed by atoms with Gasteiger partial charge >= 0.3 is 5.97 Å². The summed E-state index contributed by atoms with van der Waals surface area (Å²) >= 11 is 5.60. The first-order valence-electron chi connectivity index (χ1n) is 3.82. The minimum Gasteiger partial charge on any atom is -0.478 e. The van der Waals surface area contributed by atoms with Crippen molar-refractivity contribution in [2.75, 3.05) is 6.61 Å². The lowest BCUT2D eigenvalue weighted by Gasteiger charge is -2.08. The maximum atomic E-state index is 10.6. The number of hydrogen-bond acceptors (Lipinski definition) is 4. The van der Waals surface area contributed by atoms with Crippen molar-refractivity contribution in [3.05, 3.63) is 28.5 Å². The molecule has 4 N–H and O–H groups in total. The van der Waals surface area contributed by atoms with Crippen molar-refractivity contribution in [1.29, 1.82) is 0 Å². The van der Waals surface area contributed by atoms with Crippen LogP contribution in [-0.2, 0) is 0 Å². The van der Waals surface area contributed by atoms with E-state index in [1.54, 1.807) is 0 Å². The maximum Gasteiger partial charge on any atom is 0.338 e. The Kier molecular flexibility index (Phi) is 3.40. The van der Waals surface area contributed by atoms with E-state index in [1.165, 1.54) is 12.1 Å². The van der Waals surface area contributed by atoms with Crippen LogP contribution in [0.15, 0.2) is 12.1 Å². The summed E-state index contributed by atoms with van der Waals surface area (Å²) in [7, 11) is 0. The van der Waals surface area contributed by atoms with Gasteiger partial charge < -0.3 is 15.9 Å². The molecule has 14 heavy (non-hydrogen) atoms. The van der Waals surface area contributed by atoms with Crippen molar-refractivity contribution in [3.63, 3.8) is 0 Å². The van der Waals surface area contributed by atoms with Crippen LogP contribution in [0.25, 0.3) is 0 Å². The fourth-order valence-corrected chi connectivity index (χ4v) is 1.15. The molecule has 5 nitrogen and oxygen atoms in total. The van der Waals surface area contributed by atoms with E-state index in [0.717, 1.165) is 0 Å². The Hall–Kier alpha value is -1.17. The Morgan fingerprint density at radius 3 is 2.71 bits per heavy atom. The van der Waals surface area contributed by atoms with Gasteiger partial charge in [-0.05, 0) is 12.1 Å². The number of aromatic nitrogens is 1. The van der Waals surface area contributed by atoms with Crippen LogP contribution in [0.1, 0.15) is 22.1 Å². The number of halogens is 1. The quantitative estimate of drug-likeness (QED) is 0.637. The van der Waals surface area contributed by atoms with E-state index in [4.69, 9.17) is 27.5 Å². The van der Waals surface area contributed by atoms with Crippen molar-refractivity contribution < 1.29 is 15.0 Å². The Balaban J connectivity index is 3.06. The Labute approximate surface area is 85.1 Å². The molecule has 0 aliphatic heterocycles. The third-order valence-electron chi connectivity index (χ3n) is 1.68. The van der Waals surface area contributed by atoms with Crippen LogP contribution in [0.4, 0.5) is 0 Å². The Bertz CT molecular complexity index is 356. The number of carboxylic acids is 1. The van der Waals surface area contributed by atoms with E-state index in [-0.39, 0.29) is 17.3 Å². The average Bonchev–Trinajstić information content (AvgIpc) is 2.15. The van der Waals surface area contributed by atoms with Gasteiger partial charge in [-0.15, -0.1) is 0 Å². The van der Waals surface area contributed by atoms with Gasteiger partial charge in [-0.3, -0.25) is 0 Å². The summed E-state index contributed by atoms with van der Waals surface area (Å²) in [6.07, 6.45) is 0. The van der Waals surface area contributed by atoms with Crippen LogP contribution in [0.3, 0.4) is 0 Å². The maximum absolute atomic E-state index is 10.6. The van der Waals surface area contributed by atoms with Gasteiger partial charge in [0.05, 0.1) is 23.9 Å². The lowest BCUT2D eigenvalue weighted by atomic mass is 10.2. The lowest BCUT2D eigenvalue weighted by Crippen LogP contribution is -2.16. The van der Waals surface area contributed by atoms with E-state index in [0.29, 0.717) is 5.69 Å². The first-order valence-corrected chi connectivity index (χ1v) is 4.20. The second-order valence-corrected chi connectivity index (χ2v) is 3.03. The molecule has 0 saturated carbocycles. The SMILES string of the molecule is NC(CO)c1ccc(C(=O)O)c(Cl)n1. The molecule has 0 spiro atoms. The van der Waals surface area contributed by atoms with Crippen LogP contribution in [0.2, 0.25) is 5.15 Å². The summed E-state index contributed by atoms with van der Waals surface area (Å²) in [4.78, 5) is 14.3. The minimum absolute atomic E-state index is 0.0828. The molecule has 0 bridgehead atoms. The Morgan fingerprint density at radius 2 is 2.29 bits per heavy atom. The highest BCUT2D eigenvalue weighted by atomic mass is 35.5. The third kappa shape index (κ3) is 2.20. The summed E-state index contributed by atoms with van der Waals surface area (Å²) in [5.74, 6) is -1.15. The zero-order valence-corrected chi connectivity index (χ0v) is 7.90. The smallest absolute Gasteiger partial charge is 0.338 e. The molecule has 0 amide bonds. The highest BCUT2D eigenvalue weighted by Gasteiger charge is 2.13. The van der Waals surface area contributed by atoms with Gasteiger partial charge in [0.1, 0.15) is 5.15 Å². The van der Waals surface area contributed by atoms with Gasteiger partial charge in [0.15, 0.2) is 0 Å². The zero-order valence-electron chi connectivity index (χ0n) is 7.14.